The first-order valence-electron chi connectivity index (χ1n) is 5.16. The van der Waals surface area contributed by atoms with Crippen molar-refractivity contribution in [2.45, 2.75) is 32.7 Å². The number of hydrogen-bond donors (Lipinski definition) is 1. The molecule has 86 valence electrons. The van der Waals surface area contributed by atoms with Gasteiger partial charge in [0, 0.05) is 0 Å². The Morgan fingerprint density at radius 2 is 2.12 bits per heavy atom. The molecule has 0 amide bonds. The number of carboxylic acid groups (broad SMARTS) is 1. The number of aliphatic carboxylic acids is 1. The number of rotatable bonds is 5. The maximum Gasteiger partial charge on any atom is 0.332 e. The van der Waals surface area contributed by atoms with Gasteiger partial charge in [0.15, 0.2) is 6.04 Å². The van der Waals surface area contributed by atoms with E-state index in [0.29, 0.717) is 6.42 Å². The average Bonchev–Trinajstić information content (AvgIpc) is 2.21. The largest absolute Gasteiger partial charge is 0.480 e. The summed E-state index contributed by atoms with van der Waals surface area (Å²) in [4.78, 5) is 20.9. The minimum Gasteiger partial charge on any atom is -0.480 e. The van der Waals surface area contributed by atoms with Crippen molar-refractivity contribution in [3.8, 4) is 0 Å². The van der Waals surface area contributed by atoms with Crippen LogP contribution in [-0.4, -0.2) is 17.1 Å². The van der Waals surface area contributed by atoms with Crippen LogP contribution in [0.3, 0.4) is 0 Å². The third kappa shape index (κ3) is 3.15. The third-order valence-corrected chi connectivity index (χ3v) is 2.60. The Kier molecular flexibility index (Phi) is 4.17. The number of nitroso groups, excluding NO2 is 1. The van der Waals surface area contributed by atoms with Crippen molar-refractivity contribution in [2.24, 2.45) is 5.18 Å². The Bertz CT molecular complexity index is 401. The van der Waals surface area contributed by atoms with Gasteiger partial charge < -0.3 is 5.11 Å². The quantitative estimate of drug-likeness (QED) is 0.776. The van der Waals surface area contributed by atoms with E-state index in [9.17, 15) is 9.70 Å². The molecule has 1 rings (SSSR count). The van der Waals surface area contributed by atoms with Crippen LogP contribution >= 0.6 is 0 Å². The molecule has 0 saturated carbocycles. The molecule has 0 saturated heterocycles. The Hall–Kier alpha value is -1.71. The minimum absolute atomic E-state index is 0.253. The Balaban J connectivity index is 2.67. The molecule has 4 heteroatoms. The summed E-state index contributed by atoms with van der Waals surface area (Å²) in [6.45, 7) is 3.98. The minimum atomic E-state index is -1.15. The van der Waals surface area contributed by atoms with Crippen molar-refractivity contribution >= 4 is 5.97 Å². The van der Waals surface area contributed by atoms with Crippen molar-refractivity contribution in [2.75, 3.05) is 0 Å². The zero-order valence-electron chi connectivity index (χ0n) is 9.43. The summed E-state index contributed by atoms with van der Waals surface area (Å²) >= 11 is 0. The third-order valence-electron chi connectivity index (χ3n) is 2.60. The van der Waals surface area contributed by atoms with Gasteiger partial charge in [0.2, 0.25) is 0 Å². The molecular formula is C12H15NO3. The predicted octanol–water partition coefficient (Wildman–Crippen LogP) is 2.46. The highest BCUT2D eigenvalue weighted by molar-refractivity contribution is 5.73. The Labute approximate surface area is 94.3 Å². The van der Waals surface area contributed by atoms with E-state index < -0.39 is 12.0 Å². The first-order valence-corrected chi connectivity index (χ1v) is 5.16. The predicted molar refractivity (Wildman–Crippen MR) is 61.5 cm³/mol. The summed E-state index contributed by atoms with van der Waals surface area (Å²) in [5.74, 6) is -1.15. The number of hydrogen-bond acceptors (Lipinski definition) is 3. The second-order valence-corrected chi connectivity index (χ2v) is 3.93. The molecule has 0 radical (unpaired) electrons. The SMILES string of the molecule is Cc1ccc(CCC(N=O)C(=O)O)c(C)c1. The zero-order chi connectivity index (χ0) is 12.1. The average molecular weight is 221 g/mol. The van der Waals surface area contributed by atoms with Crippen molar-refractivity contribution in [1.82, 2.24) is 0 Å². The monoisotopic (exact) mass is 221 g/mol. The van der Waals surface area contributed by atoms with E-state index in [0.717, 1.165) is 11.1 Å². The first-order chi connectivity index (χ1) is 7.54. The summed E-state index contributed by atoms with van der Waals surface area (Å²) in [6.07, 6.45) is 0.817. The van der Waals surface area contributed by atoms with E-state index in [2.05, 4.69) is 5.18 Å². The summed E-state index contributed by atoms with van der Waals surface area (Å²) in [6, 6.07) is 4.85. The van der Waals surface area contributed by atoms with Crippen LogP contribution in [0.1, 0.15) is 23.1 Å². The van der Waals surface area contributed by atoms with Crippen molar-refractivity contribution < 1.29 is 9.90 Å². The molecule has 16 heavy (non-hydrogen) atoms. The second-order valence-electron chi connectivity index (χ2n) is 3.93. The van der Waals surface area contributed by atoms with Crippen LogP contribution in [0, 0.1) is 18.8 Å². The van der Waals surface area contributed by atoms with Crippen molar-refractivity contribution in [3.63, 3.8) is 0 Å². The van der Waals surface area contributed by atoms with Gasteiger partial charge in [0.1, 0.15) is 0 Å². The van der Waals surface area contributed by atoms with E-state index in [4.69, 9.17) is 5.11 Å². The molecule has 0 aliphatic heterocycles. The summed E-state index contributed by atoms with van der Waals surface area (Å²) in [7, 11) is 0. The molecule has 1 atom stereocenters. The van der Waals surface area contributed by atoms with Crippen LogP contribution in [0.25, 0.3) is 0 Å². The van der Waals surface area contributed by atoms with Gasteiger partial charge in [0.05, 0.1) is 0 Å². The summed E-state index contributed by atoms with van der Waals surface area (Å²) < 4.78 is 0. The maximum atomic E-state index is 10.6. The van der Waals surface area contributed by atoms with Crippen LogP contribution in [0.4, 0.5) is 0 Å². The maximum absolute atomic E-state index is 10.6. The molecule has 0 fully saturated rings. The van der Waals surface area contributed by atoms with Gasteiger partial charge in [-0.1, -0.05) is 28.9 Å². The summed E-state index contributed by atoms with van der Waals surface area (Å²) in [5, 5.41) is 11.3. The molecule has 1 aromatic rings. The molecular weight excluding hydrogens is 206 g/mol. The van der Waals surface area contributed by atoms with Gasteiger partial charge in [-0.15, -0.1) is 4.91 Å². The molecule has 0 aliphatic carbocycles. The van der Waals surface area contributed by atoms with E-state index in [-0.39, 0.29) is 6.42 Å². The fourth-order valence-electron chi connectivity index (χ4n) is 1.64. The standard InChI is InChI=1S/C12H15NO3/c1-8-3-4-10(9(2)7-8)5-6-11(13-16)12(14)15/h3-4,7,11H,5-6H2,1-2H3,(H,14,15). The highest BCUT2D eigenvalue weighted by atomic mass is 16.4. The zero-order valence-corrected chi connectivity index (χ0v) is 9.43. The molecule has 0 spiro atoms. The Morgan fingerprint density at radius 3 is 2.62 bits per heavy atom. The number of nitrogens with zero attached hydrogens (tertiary/aromatic N) is 1. The molecule has 0 aromatic heterocycles. The van der Waals surface area contributed by atoms with E-state index in [1.807, 2.05) is 32.0 Å². The van der Waals surface area contributed by atoms with Gasteiger partial charge in [0.25, 0.3) is 0 Å². The number of aryl methyl sites for hydroxylation is 3. The topological polar surface area (TPSA) is 66.7 Å². The van der Waals surface area contributed by atoms with Gasteiger partial charge in [-0.25, -0.2) is 4.79 Å². The highest BCUT2D eigenvalue weighted by Crippen LogP contribution is 2.14. The van der Waals surface area contributed by atoms with E-state index in [1.54, 1.807) is 0 Å². The lowest BCUT2D eigenvalue weighted by Gasteiger charge is -2.07. The normalized spacial score (nSPS) is 12.1. The van der Waals surface area contributed by atoms with Crippen LogP contribution in [-0.2, 0) is 11.2 Å². The van der Waals surface area contributed by atoms with Crippen molar-refractivity contribution in [1.29, 1.82) is 0 Å². The lowest BCUT2D eigenvalue weighted by Crippen LogP contribution is -2.18. The molecule has 1 unspecified atom stereocenters. The van der Waals surface area contributed by atoms with Gasteiger partial charge >= 0.3 is 5.97 Å². The smallest absolute Gasteiger partial charge is 0.332 e. The molecule has 1 N–H and O–H groups in total. The van der Waals surface area contributed by atoms with Gasteiger partial charge in [-0.05, 0) is 37.8 Å². The lowest BCUT2D eigenvalue weighted by molar-refractivity contribution is -0.138. The van der Waals surface area contributed by atoms with Crippen LogP contribution < -0.4 is 0 Å². The van der Waals surface area contributed by atoms with Crippen LogP contribution in [0.2, 0.25) is 0 Å². The highest BCUT2D eigenvalue weighted by Gasteiger charge is 2.17. The van der Waals surface area contributed by atoms with Gasteiger partial charge in [-0.3, -0.25) is 0 Å². The molecule has 1 aromatic carbocycles. The second kappa shape index (κ2) is 5.39. The fraction of sp³-hybridized carbons (Fsp3) is 0.417. The molecule has 0 heterocycles. The van der Waals surface area contributed by atoms with Crippen LogP contribution in [0.15, 0.2) is 23.4 Å². The Morgan fingerprint density at radius 1 is 1.44 bits per heavy atom. The summed E-state index contributed by atoms with van der Waals surface area (Å²) in [5.41, 5.74) is 3.36. The van der Waals surface area contributed by atoms with Crippen LogP contribution in [0.5, 0.6) is 0 Å². The molecule has 0 aliphatic rings. The first kappa shape index (κ1) is 12.4. The van der Waals surface area contributed by atoms with E-state index >= 15 is 0 Å². The van der Waals surface area contributed by atoms with Crippen molar-refractivity contribution in [3.05, 3.63) is 39.8 Å². The number of carbonyl (C=O) groups is 1. The fourth-order valence-corrected chi connectivity index (χ4v) is 1.64. The number of carboxylic acids is 1. The van der Waals surface area contributed by atoms with Gasteiger partial charge in [-0.2, -0.15) is 0 Å². The molecule has 4 nitrogen and oxygen atoms in total. The lowest BCUT2D eigenvalue weighted by atomic mass is 9.99. The number of benzene rings is 1. The van der Waals surface area contributed by atoms with E-state index in [1.165, 1.54) is 5.56 Å². The molecule has 0 bridgehead atoms.